The average Bonchev–Trinajstić information content (AvgIpc) is 2.79. The monoisotopic (exact) mass is 395 g/mol. The smallest absolute Gasteiger partial charge is 0.297 e. The summed E-state index contributed by atoms with van der Waals surface area (Å²) in [6.07, 6.45) is 4.54. The summed E-state index contributed by atoms with van der Waals surface area (Å²) in [4.78, 5) is 27.7. The minimum absolute atomic E-state index is 0.143. The fourth-order valence-electron chi connectivity index (χ4n) is 2.97. The van der Waals surface area contributed by atoms with E-state index in [-0.39, 0.29) is 16.7 Å². The van der Waals surface area contributed by atoms with Crippen molar-refractivity contribution < 1.29 is 4.79 Å². The highest BCUT2D eigenvalue weighted by Crippen LogP contribution is 2.29. The van der Waals surface area contributed by atoms with Gasteiger partial charge in [0.2, 0.25) is 10.9 Å². The normalized spacial score (nSPS) is 17.3. The van der Waals surface area contributed by atoms with Gasteiger partial charge in [-0.2, -0.15) is 4.52 Å². The minimum Gasteiger partial charge on any atom is -0.342 e. The summed E-state index contributed by atoms with van der Waals surface area (Å²) in [6, 6.07) is 0. The van der Waals surface area contributed by atoms with E-state index >= 15 is 0 Å². The van der Waals surface area contributed by atoms with Crippen molar-refractivity contribution in [2.75, 3.05) is 13.1 Å². The summed E-state index contributed by atoms with van der Waals surface area (Å²) in [5.41, 5.74) is -0.235. The molecule has 9 heteroatoms. The van der Waals surface area contributed by atoms with Gasteiger partial charge in [-0.25, -0.2) is 0 Å². The molecule has 3 rings (SSSR count). The lowest BCUT2D eigenvalue weighted by atomic mass is 9.93. The molecule has 0 saturated carbocycles. The van der Waals surface area contributed by atoms with Gasteiger partial charge in [0.1, 0.15) is 5.69 Å². The van der Waals surface area contributed by atoms with Gasteiger partial charge in [0.05, 0.1) is 5.25 Å². The molecule has 1 aliphatic rings. The molecule has 0 spiro atoms. The molecule has 1 fully saturated rings. The Morgan fingerprint density at radius 3 is 2.42 bits per heavy atom. The number of likely N-dealkylation sites (tertiary alicyclic amines) is 1. The van der Waals surface area contributed by atoms with Crippen LogP contribution in [-0.2, 0) is 10.2 Å². The van der Waals surface area contributed by atoms with Gasteiger partial charge in [-0.05, 0) is 19.8 Å². The highest BCUT2D eigenvalue weighted by atomic mass is 32.2. The molecular formula is C17H25N5O2S2. The zero-order chi connectivity index (χ0) is 18.9. The van der Waals surface area contributed by atoms with Gasteiger partial charge >= 0.3 is 0 Å². The molecule has 7 nitrogen and oxygen atoms in total. The third kappa shape index (κ3) is 4.09. The molecule has 3 heterocycles. The van der Waals surface area contributed by atoms with Crippen LogP contribution in [0.15, 0.2) is 9.13 Å². The molecule has 0 aromatic carbocycles. The predicted molar refractivity (Wildman–Crippen MR) is 104 cm³/mol. The van der Waals surface area contributed by atoms with Crippen LogP contribution in [0, 0.1) is 0 Å². The fraction of sp³-hybridized carbons (Fsp3) is 0.706. The Labute approximate surface area is 161 Å². The third-order valence-electron chi connectivity index (χ3n) is 4.43. The number of hydrogen-bond donors (Lipinski definition) is 0. The Morgan fingerprint density at radius 1 is 1.15 bits per heavy atom. The first-order chi connectivity index (χ1) is 12.3. The maximum atomic E-state index is 12.7. The molecule has 0 aliphatic carbocycles. The fourth-order valence-corrected chi connectivity index (χ4v) is 5.07. The molecule has 0 radical (unpaired) electrons. The number of carbonyl (C=O) groups excluding carboxylic acids is 1. The average molecular weight is 396 g/mol. The molecule has 26 heavy (non-hydrogen) atoms. The maximum absolute atomic E-state index is 12.7. The maximum Gasteiger partial charge on any atom is 0.297 e. The Morgan fingerprint density at radius 2 is 1.81 bits per heavy atom. The van der Waals surface area contributed by atoms with E-state index in [9.17, 15) is 9.59 Å². The number of rotatable bonds is 3. The SMILES string of the molecule is C[C@@H](Sc1nn2c(=O)c(C(C)(C)C)nnc2s1)C(=O)N1CCCCCC1. The van der Waals surface area contributed by atoms with Crippen LogP contribution in [-0.4, -0.2) is 49.0 Å². The zero-order valence-electron chi connectivity index (χ0n) is 15.7. The summed E-state index contributed by atoms with van der Waals surface area (Å²) >= 11 is 2.69. The lowest BCUT2D eigenvalue weighted by molar-refractivity contribution is -0.130. The Hall–Kier alpha value is -1.48. The molecule has 2 aromatic heterocycles. The second-order valence-electron chi connectivity index (χ2n) is 7.67. The largest absolute Gasteiger partial charge is 0.342 e. The van der Waals surface area contributed by atoms with Crippen LogP contribution in [0.25, 0.3) is 4.96 Å². The van der Waals surface area contributed by atoms with Crippen molar-refractivity contribution in [1.29, 1.82) is 0 Å². The van der Waals surface area contributed by atoms with Crippen molar-refractivity contribution >= 4 is 34.0 Å². The predicted octanol–water partition coefficient (Wildman–Crippen LogP) is 2.73. The highest BCUT2D eigenvalue weighted by Gasteiger charge is 2.26. The van der Waals surface area contributed by atoms with Gasteiger partial charge in [0.25, 0.3) is 5.56 Å². The summed E-state index contributed by atoms with van der Waals surface area (Å²) in [7, 11) is 0. The van der Waals surface area contributed by atoms with Crippen LogP contribution >= 0.6 is 23.1 Å². The van der Waals surface area contributed by atoms with Crippen LogP contribution in [0.1, 0.15) is 59.1 Å². The van der Waals surface area contributed by atoms with E-state index in [1.807, 2.05) is 32.6 Å². The van der Waals surface area contributed by atoms with Crippen LogP contribution in [0.4, 0.5) is 0 Å². The highest BCUT2D eigenvalue weighted by molar-refractivity contribution is 8.02. The van der Waals surface area contributed by atoms with E-state index < -0.39 is 5.41 Å². The lowest BCUT2D eigenvalue weighted by Crippen LogP contribution is -2.37. The Kier molecular flexibility index (Phi) is 5.67. The minimum atomic E-state index is -0.391. The van der Waals surface area contributed by atoms with Crippen LogP contribution in [0.5, 0.6) is 0 Å². The quantitative estimate of drug-likeness (QED) is 0.744. The van der Waals surface area contributed by atoms with E-state index in [1.165, 1.54) is 40.5 Å². The topological polar surface area (TPSA) is 80.5 Å². The van der Waals surface area contributed by atoms with Gasteiger partial charge in [0.15, 0.2) is 4.34 Å². The summed E-state index contributed by atoms with van der Waals surface area (Å²) in [5, 5.41) is 12.4. The number of fused-ring (bicyclic) bond motifs is 1. The molecule has 1 atom stereocenters. The number of thioether (sulfide) groups is 1. The number of nitrogens with zero attached hydrogens (tertiary/aromatic N) is 5. The van der Waals surface area contributed by atoms with E-state index in [0.717, 1.165) is 25.9 Å². The molecule has 0 N–H and O–H groups in total. The molecule has 0 unspecified atom stereocenters. The van der Waals surface area contributed by atoms with E-state index in [0.29, 0.717) is 15.0 Å². The molecular weight excluding hydrogens is 370 g/mol. The third-order valence-corrected chi connectivity index (χ3v) is 6.50. The molecule has 142 valence electrons. The van der Waals surface area contributed by atoms with Crippen molar-refractivity contribution in [2.24, 2.45) is 0 Å². The second-order valence-corrected chi connectivity index (χ2v) is 10.2. The molecule has 1 saturated heterocycles. The van der Waals surface area contributed by atoms with E-state index in [4.69, 9.17) is 0 Å². The van der Waals surface area contributed by atoms with E-state index in [1.54, 1.807) is 0 Å². The number of amides is 1. The van der Waals surface area contributed by atoms with Crippen molar-refractivity contribution in [1.82, 2.24) is 24.7 Å². The Bertz CT molecular complexity index is 847. The summed E-state index contributed by atoms with van der Waals surface area (Å²) in [6.45, 7) is 9.35. The molecule has 1 aliphatic heterocycles. The van der Waals surface area contributed by atoms with Crippen molar-refractivity contribution in [3.05, 3.63) is 16.0 Å². The number of aromatic nitrogens is 4. The van der Waals surface area contributed by atoms with Crippen LogP contribution < -0.4 is 5.56 Å². The van der Waals surface area contributed by atoms with Crippen LogP contribution in [0.3, 0.4) is 0 Å². The number of carbonyl (C=O) groups is 1. The Balaban J connectivity index is 1.79. The first kappa shape index (κ1) is 19.3. The van der Waals surface area contributed by atoms with Gasteiger partial charge < -0.3 is 4.90 Å². The van der Waals surface area contributed by atoms with Gasteiger partial charge in [-0.15, -0.1) is 15.3 Å². The van der Waals surface area contributed by atoms with Gasteiger partial charge in [-0.3, -0.25) is 9.59 Å². The first-order valence-electron chi connectivity index (χ1n) is 9.00. The summed E-state index contributed by atoms with van der Waals surface area (Å²) in [5.74, 6) is 0.143. The first-order valence-corrected chi connectivity index (χ1v) is 10.7. The van der Waals surface area contributed by atoms with Gasteiger partial charge in [0, 0.05) is 18.5 Å². The standard InChI is InChI=1S/C17H25N5O2S2/c1-11(13(23)21-9-7-5-6-8-10-21)25-16-20-22-14(24)12(17(2,3)4)18-19-15(22)26-16/h11H,5-10H2,1-4H3/t11-/m1/s1. The van der Waals surface area contributed by atoms with Gasteiger partial charge in [-0.1, -0.05) is 56.7 Å². The van der Waals surface area contributed by atoms with Crippen molar-refractivity contribution in [2.45, 2.75) is 68.4 Å². The number of hydrogen-bond acceptors (Lipinski definition) is 7. The zero-order valence-corrected chi connectivity index (χ0v) is 17.3. The van der Waals surface area contributed by atoms with Crippen molar-refractivity contribution in [3.8, 4) is 0 Å². The second kappa shape index (κ2) is 7.64. The summed E-state index contributed by atoms with van der Waals surface area (Å²) < 4.78 is 1.97. The van der Waals surface area contributed by atoms with Crippen molar-refractivity contribution in [3.63, 3.8) is 0 Å². The van der Waals surface area contributed by atoms with Crippen LogP contribution in [0.2, 0.25) is 0 Å². The molecule has 0 bridgehead atoms. The molecule has 2 aromatic rings. The lowest BCUT2D eigenvalue weighted by Gasteiger charge is -2.23. The molecule has 1 amide bonds. The van der Waals surface area contributed by atoms with E-state index in [2.05, 4.69) is 15.3 Å².